The second-order valence-electron chi connectivity index (χ2n) is 6.08. The molecule has 0 aromatic carbocycles. The van der Waals surface area contributed by atoms with E-state index in [9.17, 15) is 22.8 Å². The predicted octanol–water partition coefficient (Wildman–Crippen LogP) is -1.23. The lowest BCUT2D eigenvalue weighted by Gasteiger charge is -2.33. The lowest BCUT2D eigenvalue weighted by atomic mass is 10.3. The van der Waals surface area contributed by atoms with Crippen molar-refractivity contribution >= 4 is 27.9 Å². The van der Waals surface area contributed by atoms with E-state index in [2.05, 4.69) is 10.6 Å². The molecule has 2 aliphatic heterocycles. The van der Waals surface area contributed by atoms with Gasteiger partial charge in [0.05, 0.1) is 24.7 Å². The van der Waals surface area contributed by atoms with Gasteiger partial charge in [-0.15, -0.1) is 0 Å². The number of sulfone groups is 1. The van der Waals surface area contributed by atoms with Gasteiger partial charge < -0.3 is 15.0 Å². The van der Waals surface area contributed by atoms with Crippen LogP contribution >= 0.6 is 0 Å². The molecule has 4 amide bonds. The summed E-state index contributed by atoms with van der Waals surface area (Å²) in [6, 6.07) is -1.14. The molecule has 2 fully saturated rings. The number of rotatable bonds is 4. The van der Waals surface area contributed by atoms with Crippen LogP contribution in [0.1, 0.15) is 13.3 Å². The zero-order valence-electron chi connectivity index (χ0n) is 14.2. The van der Waals surface area contributed by atoms with Crippen molar-refractivity contribution in [1.82, 2.24) is 20.4 Å². The van der Waals surface area contributed by atoms with Crippen LogP contribution in [0.2, 0.25) is 0 Å². The van der Waals surface area contributed by atoms with E-state index in [4.69, 9.17) is 4.74 Å². The summed E-state index contributed by atoms with van der Waals surface area (Å²) >= 11 is 0. The number of urea groups is 1. The van der Waals surface area contributed by atoms with Gasteiger partial charge in [-0.25, -0.2) is 18.0 Å². The third-order valence-electron chi connectivity index (χ3n) is 4.09. The number of hydrogen-bond acceptors (Lipinski definition) is 7. The second-order valence-corrected chi connectivity index (χ2v) is 8.31. The number of nitrogens with zero attached hydrogens (tertiary/aromatic N) is 2. The van der Waals surface area contributed by atoms with E-state index in [1.165, 1.54) is 0 Å². The van der Waals surface area contributed by atoms with E-state index in [1.807, 2.05) is 4.90 Å². The fraction of sp³-hybridized carbons (Fsp3) is 0.786. The first-order chi connectivity index (χ1) is 11.8. The molecule has 11 heteroatoms. The van der Waals surface area contributed by atoms with E-state index >= 15 is 0 Å². The summed E-state index contributed by atoms with van der Waals surface area (Å²) < 4.78 is 27.6. The molecular weight excluding hydrogens is 352 g/mol. The van der Waals surface area contributed by atoms with Crippen LogP contribution in [0.5, 0.6) is 0 Å². The van der Waals surface area contributed by atoms with E-state index in [0.29, 0.717) is 39.2 Å². The van der Waals surface area contributed by atoms with Gasteiger partial charge in [0.1, 0.15) is 0 Å². The van der Waals surface area contributed by atoms with Crippen LogP contribution in [0, 0.1) is 0 Å². The largest absolute Gasteiger partial charge is 0.450 e. The first kappa shape index (κ1) is 19.4. The molecule has 0 spiro atoms. The molecule has 2 rings (SSSR count). The molecule has 1 atom stereocenters. The summed E-state index contributed by atoms with van der Waals surface area (Å²) in [7, 11) is -3.09. The zero-order chi connectivity index (χ0) is 18.4. The Morgan fingerprint density at radius 1 is 1.16 bits per heavy atom. The summed E-state index contributed by atoms with van der Waals surface area (Å²) in [5.74, 6) is -0.510. The first-order valence-electron chi connectivity index (χ1n) is 8.24. The van der Waals surface area contributed by atoms with Gasteiger partial charge in [-0.1, -0.05) is 0 Å². The maximum atomic E-state index is 11.9. The molecule has 0 unspecified atom stereocenters. The minimum Gasteiger partial charge on any atom is -0.450 e. The average molecular weight is 376 g/mol. The molecule has 0 bridgehead atoms. The number of nitrogens with one attached hydrogen (secondary N) is 2. The van der Waals surface area contributed by atoms with E-state index in [-0.39, 0.29) is 24.1 Å². The fourth-order valence-corrected chi connectivity index (χ4v) is 4.48. The van der Waals surface area contributed by atoms with Crippen molar-refractivity contribution in [3.05, 3.63) is 0 Å². The highest BCUT2D eigenvalue weighted by atomic mass is 32.2. The number of ether oxygens (including phenoxy) is 1. The van der Waals surface area contributed by atoms with Crippen molar-refractivity contribution in [2.75, 3.05) is 50.8 Å². The Morgan fingerprint density at radius 2 is 1.84 bits per heavy atom. The molecule has 25 heavy (non-hydrogen) atoms. The Morgan fingerprint density at radius 3 is 2.40 bits per heavy atom. The number of carbonyl (C=O) groups is 3. The maximum absolute atomic E-state index is 11.9. The lowest BCUT2D eigenvalue weighted by molar-refractivity contribution is -0.121. The summed E-state index contributed by atoms with van der Waals surface area (Å²) in [5, 5.41) is 4.71. The molecule has 2 saturated heterocycles. The molecule has 10 nitrogen and oxygen atoms in total. The van der Waals surface area contributed by atoms with Gasteiger partial charge in [0.2, 0.25) is 5.91 Å². The van der Waals surface area contributed by atoms with Crippen molar-refractivity contribution < 1.29 is 27.5 Å². The Hall–Kier alpha value is -1.88. The number of amides is 4. The van der Waals surface area contributed by atoms with Crippen molar-refractivity contribution in [3.8, 4) is 0 Å². The molecule has 2 N–H and O–H groups in total. The summed E-state index contributed by atoms with van der Waals surface area (Å²) in [6.07, 6.45) is -0.00255. The molecule has 142 valence electrons. The lowest BCUT2D eigenvalue weighted by Crippen LogP contribution is -2.53. The monoisotopic (exact) mass is 376 g/mol. The van der Waals surface area contributed by atoms with Crippen LogP contribution in [0.25, 0.3) is 0 Å². The van der Waals surface area contributed by atoms with Gasteiger partial charge in [0.25, 0.3) is 0 Å². The maximum Gasteiger partial charge on any atom is 0.409 e. The van der Waals surface area contributed by atoms with Gasteiger partial charge in [0.15, 0.2) is 9.84 Å². The minimum atomic E-state index is -3.09. The molecule has 0 saturated carbocycles. The van der Waals surface area contributed by atoms with E-state index in [1.54, 1.807) is 11.8 Å². The highest BCUT2D eigenvalue weighted by molar-refractivity contribution is 7.91. The Bertz CT molecular complexity index is 615. The minimum absolute atomic E-state index is 0.0348. The summed E-state index contributed by atoms with van der Waals surface area (Å²) in [4.78, 5) is 38.7. The standard InChI is InChI=1S/C14H24N4O6S/c1-2-24-14(21)18-6-4-17(5-7-18)9-12(19)16-13(20)15-11-3-8-25(22,23)10-11/h11H,2-10H2,1H3,(H2,15,16,19,20)/t11-/m0/s1. The highest BCUT2D eigenvalue weighted by Gasteiger charge is 2.29. The SMILES string of the molecule is CCOC(=O)N1CCN(CC(=O)NC(=O)N[C@H]2CCS(=O)(=O)C2)CC1. The molecular formula is C14H24N4O6S. The van der Waals surface area contributed by atoms with Crippen molar-refractivity contribution in [2.45, 2.75) is 19.4 Å². The van der Waals surface area contributed by atoms with Crippen molar-refractivity contribution in [1.29, 1.82) is 0 Å². The van der Waals surface area contributed by atoms with Crippen LogP contribution in [-0.2, 0) is 19.4 Å². The molecule has 0 aliphatic carbocycles. The number of imide groups is 1. The Kier molecular flexibility index (Phi) is 6.59. The quantitative estimate of drug-likeness (QED) is 0.629. The second kappa shape index (κ2) is 8.48. The number of piperazine rings is 1. The fourth-order valence-electron chi connectivity index (χ4n) is 2.80. The number of carbonyl (C=O) groups excluding carboxylic acids is 3. The van der Waals surface area contributed by atoms with Gasteiger partial charge >= 0.3 is 12.1 Å². The van der Waals surface area contributed by atoms with Crippen molar-refractivity contribution in [3.63, 3.8) is 0 Å². The van der Waals surface area contributed by atoms with Gasteiger partial charge in [-0.2, -0.15) is 0 Å². The van der Waals surface area contributed by atoms with E-state index < -0.39 is 27.8 Å². The van der Waals surface area contributed by atoms with Crippen LogP contribution in [0.15, 0.2) is 0 Å². The van der Waals surface area contributed by atoms with Gasteiger partial charge in [-0.3, -0.25) is 15.0 Å². The summed E-state index contributed by atoms with van der Waals surface area (Å²) in [6.45, 7) is 4.02. The first-order valence-corrected chi connectivity index (χ1v) is 10.1. The third-order valence-corrected chi connectivity index (χ3v) is 5.85. The van der Waals surface area contributed by atoms with Gasteiger partial charge in [-0.05, 0) is 13.3 Å². The normalized spacial score (nSPS) is 23.1. The molecule has 0 aromatic heterocycles. The van der Waals surface area contributed by atoms with Crippen LogP contribution in [-0.4, -0.2) is 93.1 Å². The van der Waals surface area contributed by atoms with Crippen LogP contribution in [0.4, 0.5) is 9.59 Å². The zero-order valence-corrected chi connectivity index (χ0v) is 15.0. The predicted molar refractivity (Wildman–Crippen MR) is 88.8 cm³/mol. The molecule has 0 aromatic rings. The average Bonchev–Trinajstić information content (AvgIpc) is 2.86. The third kappa shape index (κ3) is 6.16. The molecule has 2 heterocycles. The topological polar surface area (TPSA) is 125 Å². The van der Waals surface area contributed by atoms with Gasteiger partial charge in [0, 0.05) is 32.2 Å². The Labute approximate surface area is 146 Å². The number of hydrogen-bond donors (Lipinski definition) is 2. The Balaban J connectivity index is 1.67. The highest BCUT2D eigenvalue weighted by Crippen LogP contribution is 2.10. The van der Waals surface area contributed by atoms with Crippen molar-refractivity contribution in [2.24, 2.45) is 0 Å². The van der Waals surface area contributed by atoms with Crippen LogP contribution < -0.4 is 10.6 Å². The van der Waals surface area contributed by atoms with Crippen LogP contribution in [0.3, 0.4) is 0 Å². The van der Waals surface area contributed by atoms with E-state index in [0.717, 1.165) is 0 Å². The molecule has 2 aliphatic rings. The molecule has 0 radical (unpaired) electrons. The smallest absolute Gasteiger partial charge is 0.409 e. The summed E-state index contributed by atoms with van der Waals surface area (Å²) in [5.41, 5.74) is 0.